The van der Waals surface area contributed by atoms with Crippen molar-refractivity contribution in [1.82, 2.24) is 5.32 Å². The van der Waals surface area contributed by atoms with Gasteiger partial charge in [-0.25, -0.2) is 0 Å². The number of carbonyl (C=O) groups excluding carboxylic acids is 1. The minimum absolute atomic E-state index is 0.152. The average molecular weight is 338 g/mol. The van der Waals surface area contributed by atoms with Crippen LogP contribution >= 0.6 is 11.6 Å². The number of halogens is 1. The van der Waals surface area contributed by atoms with Crippen LogP contribution in [-0.2, 0) is 6.54 Å². The molecule has 3 nitrogen and oxygen atoms in total. The van der Waals surface area contributed by atoms with E-state index >= 15 is 0 Å². The molecule has 0 heterocycles. The molecule has 0 radical (unpaired) electrons. The topological polar surface area (TPSA) is 38.3 Å². The fourth-order valence-corrected chi connectivity index (χ4v) is 2.42. The summed E-state index contributed by atoms with van der Waals surface area (Å²) in [6.45, 7) is 0.390. The van der Waals surface area contributed by atoms with Gasteiger partial charge in [0.05, 0.1) is 0 Å². The van der Waals surface area contributed by atoms with Gasteiger partial charge in [-0.05, 0) is 48.0 Å². The molecular formula is C20H16ClNO2. The number of benzene rings is 3. The maximum atomic E-state index is 12.2. The molecule has 24 heavy (non-hydrogen) atoms. The van der Waals surface area contributed by atoms with Gasteiger partial charge in [0, 0.05) is 17.1 Å². The summed E-state index contributed by atoms with van der Waals surface area (Å²) in [5.41, 5.74) is 1.46. The van der Waals surface area contributed by atoms with Crippen molar-refractivity contribution in [3.63, 3.8) is 0 Å². The zero-order valence-electron chi connectivity index (χ0n) is 12.9. The summed E-state index contributed by atoms with van der Waals surface area (Å²) < 4.78 is 5.71. The molecule has 0 aliphatic carbocycles. The summed E-state index contributed by atoms with van der Waals surface area (Å²) in [6.07, 6.45) is 0. The summed E-state index contributed by atoms with van der Waals surface area (Å²) in [4.78, 5) is 12.2. The molecular weight excluding hydrogens is 322 g/mol. The quantitative estimate of drug-likeness (QED) is 0.706. The lowest BCUT2D eigenvalue weighted by Gasteiger charge is -2.08. The Hall–Kier alpha value is -2.78. The van der Waals surface area contributed by atoms with Crippen LogP contribution in [0.3, 0.4) is 0 Å². The van der Waals surface area contributed by atoms with E-state index in [2.05, 4.69) is 5.32 Å². The zero-order chi connectivity index (χ0) is 16.8. The lowest BCUT2D eigenvalue weighted by molar-refractivity contribution is 0.0951. The molecule has 4 heteroatoms. The molecule has 0 fully saturated rings. The van der Waals surface area contributed by atoms with Crippen LogP contribution in [0.4, 0.5) is 0 Å². The van der Waals surface area contributed by atoms with Gasteiger partial charge < -0.3 is 10.1 Å². The van der Waals surface area contributed by atoms with Crippen LogP contribution in [0.2, 0.25) is 5.02 Å². The normalized spacial score (nSPS) is 10.2. The number of hydrogen-bond acceptors (Lipinski definition) is 2. The van der Waals surface area contributed by atoms with Gasteiger partial charge in [-0.3, -0.25) is 4.79 Å². The predicted octanol–water partition coefficient (Wildman–Crippen LogP) is 5.06. The Morgan fingerprint density at radius 1 is 0.833 bits per heavy atom. The van der Waals surface area contributed by atoms with Crippen LogP contribution in [0.5, 0.6) is 11.5 Å². The first-order chi connectivity index (χ1) is 11.7. The Kier molecular flexibility index (Phi) is 5.14. The number of rotatable bonds is 5. The van der Waals surface area contributed by atoms with Crippen molar-refractivity contribution in [1.29, 1.82) is 0 Å². The SMILES string of the molecule is O=C(NCc1ccccc1Cl)c1ccc(Oc2ccccc2)cc1. The maximum absolute atomic E-state index is 12.2. The number of ether oxygens (including phenoxy) is 1. The summed E-state index contributed by atoms with van der Waals surface area (Å²) >= 11 is 6.08. The summed E-state index contributed by atoms with van der Waals surface area (Å²) in [5.74, 6) is 1.29. The van der Waals surface area contributed by atoms with Crippen LogP contribution in [-0.4, -0.2) is 5.91 Å². The van der Waals surface area contributed by atoms with Crippen LogP contribution < -0.4 is 10.1 Å². The number of para-hydroxylation sites is 1. The summed E-state index contributed by atoms with van der Waals surface area (Å²) in [5, 5.41) is 3.50. The zero-order valence-corrected chi connectivity index (χ0v) is 13.7. The molecule has 0 atom stereocenters. The van der Waals surface area contributed by atoms with Gasteiger partial charge in [0.1, 0.15) is 11.5 Å². The number of nitrogens with one attached hydrogen (secondary N) is 1. The van der Waals surface area contributed by atoms with Gasteiger partial charge in [0.15, 0.2) is 0 Å². The maximum Gasteiger partial charge on any atom is 0.251 e. The van der Waals surface area contributed by atoms with Gasteiger partial charge >= 0.3 is 0 Å². The van der Waals surface area contributed by atoms with Crippen molar-refractivity contribution < 1.29 is 9.53 Å². The molecule has 0 saturated carbocycles. The Bertz CT molecular complexity index is 817. The molecule has 0 unspecified atom stereocenters. The molecule has 0 aromatic heterocycles. The lowest BCUT2D eigenvalue weighted by atomic mass is 10.2. The second-order valence-corrected chi connectivity index (χ2v) is 5.62. The molecule has 0 saturated heterocycles. The van der Waals surface area contributed by atoms with Crippen molar-refractivity contribution in [3.8, 4) is 11.5 Å². The molecule has 1 amide bonds. The highest BCUT2D eigenvalue weighted by Gasteiger charge is 2.07. The molecule has 120 valence electrons. The lowest BCUT2D eigenvalue weighted by Crippen LogP contribution is -2.22. The number of amides is 1. The van der Waals surface area contributed by atoms with Gasteiger partial charge in [0.25, 0.3) is 5.91 Å². The van der Waals surface area contributed by atoms with E-state index in [0.717, 1.165) is 11.3 Å². The van der Waals surface area contributed by atoms with Gasteiger partial charge in [-0.15, -0.1) is 0 Å². The minimum atomic E-state index is -0.152. The monoisotopic (exact) mass is 337 g/mol. The highest BCUT2D eigenvalue weighted by molar-refractivity contribution is 6.31. The van der Waals surface area contributed by atoms with Gasteiger partial charge in [-0.2, -0.15) is 0 Å². The summed E-state index contributed by atoms with van der Waals surface area (Å²) in [7, 11) is 0. The van der Waals surface area contributed by atoms with Crippen molar-refractivity contribution >= 4 is 17.5 Å². The van der Waals surface area contributed by atoms with E-state index in [4.69, 9.17) is 16.3 Å². The standard InChI is InChI=1S/C20H16ClNO2/c21-19-9-5-4-6-16(19)14-22-20(23)15-10-12-18(13-11-15)24-17-7-2-1-3-8-17/h1-13H,14H2,(H,22,23). The Morgan fingerprint density at radius 2 is 1.46 bits per heavy atom. The molecule has 1 N–H and O–H groups in total. The largest absolute Gasteiger partial charge is 0.457 e. The fourth-order valence-electron chi connectivity index (χ4n) is 2.22. The minimum Gasteiger partial charge on any atom is -0.457 e. The smallest absolute Gasteiger partial charge is 0.251 e. The van der Waals surface area contributed by atoms with Crippen LogP contribution in [0, 0.1) is 0 Å². The van der Waals surface area contributed by atoms with Crippen LogP contribution in [0.1, 0.15) is 15.9 Å². The van der Waals surface area contributed by atoms with Crippen LogP contribution in [0.25, 0.3) is 0 Å². The van der Waals surface area contributed by atoms with Gasteiger partial charge in [0.2, 0.25) is 0 Å². The van der Waals surface area contributed by atoms with E-state index < -0.39 is 0 Å². The van der Waals surface area contributed by atoms with Crippen molar-refractivity contribution in [3.05, 3.63) is 95.0 Å². The van der Waals surface area contributed by atoms with E-state index in [0.29, 0.717) is 22.9 Å². The van der Waals surface area contributed by atoms with Crippen molar-refractivity contribution in [2.24, 2.45) is 0 Å². The first-order valence-corrected chi connectivity index (χ1v) is 7.95. The van der Waals surface area contributed by atoms with E-state index in [-0.39, 0.29) is 5.91 Å². The molecule has 0 spiro atoms. The molecule has 0 aliphatic heterocycles. The Labute approximate surface area is 145 Å². The predicted molar refractivity (Wildman–Crippen MR) is 95.6 cm³/mol. The van der Waals surface area contributed by atoms with E-state index in [1.165, 1.54) is 0 Å². The number of hydrogen-bond donors (Lipinski definition) is 1. The highest BCUT2D eigenvalue weighted by Crippen LogP contribution is 2.21. The third kappa shape index (κ3) is 4.15. The van der Waals surface area contributed by atoms with Crippen molar-refractivity contribution in [2.75, 3.05) is 0 Å². The molecule has 3 aromatic carbocycles. The Balaban J connectivity index is 1.61. The first kappa shape index (κ1) is 16.1. The Morgan fingerprint density at radius 3 is 2.17 bits per heavy atom. The van der Waals surface area contributed by atoms with Crippen LogP contribution in [0.15, 0.2) is 78.9 Å². The third-order valence-corrected chi connectivity index (χ3v) is 3.86. The molecule has 3 rings (SSSR count). The third-order valence-electron chi connectivity index (χ3n) is 3.49. The van der Waals surface area contributed by atoms with E-state index in [1.807, 2.05) is 48.5 Å². The molecule has 3 aromatic rings. The van der Waals surface area contributed by atoms with Crippen molar-refractivity contribution in [2.45, 2.75) is 6.54 Å². The second-order valence-electron chi connectivity index (χ2n) is 5.21. The first-order valence-electron chi connectivity index (χ1n) is 7.57. The number of carbonyl (C=O) groups is 1. The van der Waals surface area contributed by atoms with E-state index in [1.54, 1.807) is 30.3 Å². The van der Waals surface area contributed by atoms with Gasteiger partial charge in [-0.1, -0.05) is 48.0 Å². The molecule has 0 aliphatic rings. The summed E-state index contributed by atoms with van der Waals surface area (Å²) in [6, 6.07) is 24.0. The molecule has 0 bridgehead atoms. The second kappa shape index (κ2) is 7.66. The van der Waals surface area contributed by atoms with E-state index in [9.17, 15) is 4.79 Å². The highest BCUT2D eigenvalue weighted by atomic mass is 35.5. The fraction of sp³-hybridized carbons (Fsp3) is 0.0500. The average Bonchev–Trinajstić information content (AvgIpc) is 2.62.